The molecule has 1 aromatic rings. The van der Waals surface area contributed by atoms with Gasteiger partial charge in [0.1, 0.15) is 6.04 Å². The molecule has 0 radical (unpaired) electrons. The maximum absolute atomic E-state index is 11.1. The van der Waals surface area contributed by atoms with E-state index in [9.17, 15) is 9.59 Å². The number of aromatic carboxylic acids is 1. The second kappa shape index (κ2) is 5.95. The number of carboxylic acid groups (broad SMARTS) is 1. The van der Waals surface area contributed by atoms with Crippen molar-refractivity contribution in [1.82, 2.24) is 10.3 Å². The van der Waals surface area contributed by atoms with Crippen LogP contribution in [-0.4, -0.2) is 35.2 Å². The predicted molar refractivity (Wildman–Crippen MR) is 59.5 cm³/mol. The van der Waals surface area contributed by atoms with Gasteiger partial charge in [0.25, 0.3) is 0 Å². The van der Waals surface area contributed by atoms with Crippen LogP contribution in [0.4, 0.5) is 0 Å². The lowest BCUT2D eigenvalue weighted by molar-refractivity contribution is -0.142. The number of pyridine rings is 1. The lowest BCUT2D eigenvalue weighted by atomic mass is 10.2. The monoisotopic (exact) mass is 238 g/mol. The molecule has 0 aromatic carbocycles. The summed E-state index contributed by atoms with van der Waals surface area (Å²) in [6.07, 6.45) is 1.28. The molecular weight excluding hydrogens is 224 g/mol. The first-order chi connectivity index (χ1) is 8.04. The Labute approximate surface area is 98.6 Å². The molecule has 0 spiro atoms. The molecule has 6 nitrogen and oxygen atoms in total. The van der Waals surface area contributed by atoms with Gasteiger partial charge in [-0.15, -0.1) is 0 Å². The van der Waals surface area contributed by atoms with Crippen LogP contribution < -0.4 is 5.32 Å². The normalized spacial score (nSPS) is 11.9. The lowest BCUT2D eigenvalue weighted by Gasteiger charge is -2.10. The SMILES string of the molecule is COC(=O)C(C)NCc1ccc(C(=O)O)cn1. The van der Waals surface area contributed by atoms with E-state index in [4.69, 9.17) is 5.11 Å². The molecule has 1 aromatic heterocycles. The number of aromatic nitrogens is 1. The van der Waals surface area contributed by atoms with Crippen molar-refractivity contribution in [2.45, 2.75) is 19.5 Å². The van der Waals surface area contributed by atoms with Crippen LogP contribution in [-0.2, 0) is 16.1 Å². The van der Waals surface area contributed by atoms with E-state index in [1.165, 1.54) is 19.4 Å². The molecule has 0 amide bonds. The first kappa shape index (κ1) is 13.1. The molecule has 1 rings (SSSR count). The number of ether oxygens (including phenoxy) is 1. The highest BCUT2D eigenvalue weighted by Crippen LogP contribution is 2.00. The Morgan fingerprint density at radius 1 is 1.53 bits per heavy atom. The van der Waals surface area contributed by atoms with Crippen LogP contribution in [0.3, 0.4) is 0 Å². The quantitative estimate of drug-likeness (QED) is 0.723. The fourth-order valence-electron chi connectivity index (χ4n) is 1.17. The van der Waals surface area contributed by atoms with Crippen molar-refractivity contribution in [1.29, 1.82) is 0 Å². The number of carboxylic acids is 1. The van der Waals surface area contributed by atoms with Gasteiger partial charge in [-0.2, -0.15) is 0 Å². The molecule has 0 saturated carbocycles. The molecule has 0 bridgehead atoms. The molecule has 0 fully saturated rings. The number of hydrogen-bond acceptors (Lipinski definition) is 5. The van der Waals surface area contributed by atoms with Gasteiger partial charge >= 0.3 is 11.9 Å². The molecule has 1 heterocycles. The molecule has 2 N–H and O–H groups in total. The lowest BCUT2D eigenvalue weighted by Crippen LogP contribution is -2.34. The van der Waals surface area contributed by atoms with Crippen LogP contribution >= 0.6 is 0 Å². The standard InChI is InChI=1S/C11H14N2O4/c1-7(11(16)17-2)12-6-9-4-3-8(5-13-9)10(14)15/h3-5,7,12H,6H2,1-2H3,(H,14,15). The van der Waals surface area contributed by atoms with Crippen LogP contribution in [0.2, 0.25) is 0 Å². The summed E-state index contributed by atoms with van der Waals surface area (Å²) in [4.78, 5) is 25.6. The summed E-state index contributed by atoms with van der Waals surface area (Å²) in [6, 6.07) is 2.64. The van der Waals surface area contributed by atoms with E-state index in [1.807, 2.05) is 0 Å². The summed E-state index contributed by atoms with van der Waals surface area (Å²) in [5, 5.41) is 11.6. The van der Waals surface area contributed by atoms with E-state index in [0.717, 1.165) is 0 Å². The number of carbonyl (C=O) groups excluding carboxylic acids is 1. The maximum atomic E-state index is 11.1. The first-order valence-corrected chi connectivity index (χ1v) is 5.04. The molecule has 17 heavy (non-hydrogen) atoms. The van der Waals surface area contributed by atoms with Gasteiger partial charge in [0.15, 0.2) is 0 Å². The number of nitrogens with one attached hydrogen (secondary N) is 1. The number of hydrogen-bond donors (Lipinski definition) is 2. The van der Waals surface area contributed by atoms with E-state index in [-0.39, 0.29) is 11.5 Å². The van der Waals surface area contributed by atoms with Crippen LogP contribution in [0.1, 0.15) is 23.0 Å². The van der Waals surface area contributed by atoms with E-state index in [0.29, 0.717) is 12.2 Å². The third kappa shape index (κ3) is 3.84. The molecule has 1 unspecified atom stereocenters. The van der Waals surface area contributed by atoms with Gasteiger partial charge in [-0.3, -0.25) is 15.1 Å². The van der Waals surface area contributed by atoms with Gasteiger partial charge in [-0.05, 0) is 19.1 Å². The third-order valence-corrected chi connectivity index (χ3v) is 2.22. The Morgan fingerprint density at radius 2 is 2.24 bits per heavy atom. The first-order valence-electron chi connectivity index (χ1n) is 5.04. The van der Waals surface area contributed by atoms with Gasteiger partial charge in [0, 0.05) is 12.7 Å². The molecule has 0 aliphatic carbocycles. The summed E-state index contributed by atoms with van der Waals surface area (Å²) < 4.78 is 4.55. The number of nitrogens with zero attached hydrogens (tertiary/aromatic N) is 1. The maximum Gasteiger partial charge on any atom is 0.337 e. The number of carbonyl (C=O) groups is 2. The van der Waals surface area contributed by atoms with Gasteiger partial charge in [0.2, 0.25) is 0 Å². The zero-order valence-corrected chi connectivity index (χ0v) is 9.64. The molecular formula is C11H14N2O4. The Hall–Kier alpha value is -1.95. The Balaban J connectivity index is 2.53. The molecule has 0 aliphatic heterocycles. The van der Waals surface area contributed by atoms with Crippen LogP contribution in [0.15, 0.2) is 18.3 Å². The van der Waals surface area contributed by atoms with Crippen molar-refractivity contribution < 1.29 is 19.4 Å². The molecule has 1 atom stereocenters. The summed E-state index contributed by atoms with van der Waals surface area (Å²) in [6.45, 7) is 2.05. The average molecular weight is 238 g/mol. The molecule has 92 valence electrons. The zero-order chi connectivity index (χ0) is 12.8. The second-order valence-electron chi connectivity index (χ2n) is 3.47. The van der Waals surface area contributed by atoms with E-state index in [2.05, 4.69) is 15.0 Å². The van der Waals surface area contributed by atoms with Crippen LogP contribution in [0.5, 0.6) is 0 Å². The molecule has 6 heteroatoms. The van der Waals surface area contributed by atoms with Gasteiger partial charge < -0.3 is 9.84 Å². The van der Waals surface area contributed by atoms with Crippen LogP contribution in [0, 0.1) is 0 Å². The fraction of sp³-hybridized carbons (Fsp3) is 0.364. The highest BCUT2D eigenvalue weighted by atomic mass is 16.5. The van der Waals surface area contributed by atoms with Crippen LogP contribution in [0.25, 0.3) is 0 Å². The number of esters is 1. The van der Waals surface area contributed by atoms with E-state index < -0.39 is 12.0 Å². The van der Waals surface area contributed by atoms with Gasteiger partial charge in [0.05, 0.1) is 18.4 Å². The fourth-order valence-corrected chi connectivity index (χ4v) is 1.17. The minimum absolute atomic E-state index is 0.134. The largest absolute Gasteiger partial charge is 0.478 e. The number of rotatable bonds is 5. The second-order valence-corrected chi connectivity index (χ2v) is 3.47. The van der Waals surface area contributed by atoms with E-state index in [1.54, 1.807) is 13.0 Å². The van der Waals surface area contributed by atoms with Crippen molar-refractivity contribution in [2.75, 3.05) is 7.11 Å². The van der Waals surface area contributed by atoms with Gasteiger partial charge in [-0.25, -0.2) is 4.79 Å². The zero-order valence-electron chi connectivity index (χ0n) is 9.64. The summed E-state index contributed by atoms with van der Waals surface area (Å²) in [7, 11) is 1.32. The molecule has 0 aliphatic rings. The summed E-state index contributed by atoms with van der Waals surface area (Å²) in [5.41, 5.74) is 0.792. The third-order valence-electron chi connectivity index (χ3n) is 2.22. The van der Waals surface area contributed by atoms with Crippen molar-refractivity contribution in [3.05, 3.63) is 29.6 Å². The molecule has 0 saturated heterocycles. The Bertz CT molecular complexity index is 402. The highest BCUT2D eigenvalue weighted by molar-refractivity contribution is 5.87. The Kier molecular flexibility index (Phi) is 4.59. The van der Waals surface area contributed by atoms with Gasteiger partial charge in [-0.1, -0.05) is 0 Å². The highest BCUT2D eigenvalue weighted by Gasteiger charge is 2.12. The minimum Gasteiger partial charge on any atom is -0.478 e. The smallest absolute Gasteiger partial charge is 0.337 e. The predicted octanol–water partition coefficient (Wildman–Crippen LogP) is 0.431. The van der Waals surface area contributed by atoms with Crippen molar-refractivity contribution >= 4 is 11.9 Å². The van der Waals surface area contributed by atoms with Crippen molar-refractivity contribution in [3.8, 4) is 0 Å². The summed E-state index contributed by atoms with van der Waals surface area (Å²) in [5.74, 6) is -1.37. The minimum atomic E-state index is -1.01. The number of methoxy groups -OCH3 is 1. The Morgan fingerprint density at radius 3 is 2.71 bits per heavy atom. The topological polar surface area (TPSA) is 88.5 Å². The van der Waals surface area contributed by atoms with E-state index >= 15 is 0 Å². The average Bonchev–Trinajstić information content (AvgIpc) is 2.35. The van der Waals surface area contributed by atoms with Crippen molar-refractivity contribution in [2.24, 2.45) is 0 Å². The summed E-state index contributed by atoms with van der Waals surface area (Å²) >= 11 is 0. The van der Waals surface area contributed by atoms with Crippen molar-refractivity contribution in [3.63, 3.8) is 0 Å².